The van der Waals surface area contributed by atoms with E-state index in [1.807, 2.05) is 0 Å². The molecule has 0 unspecified atom stereocenters. The largest absolute Gasteiger partial charge is 0.469 e. The Labute approximate surface area is 111 Å². The summed E-state index contributed by atoms with van der Waals surface area (Å²) in [5, 5.41) is 2.61. The van der Waals surface area contributed by atoms with Gasteiger partial charge in [0.2, 0.25) is 0 Å². The van der Waals surface area contributed by atoms with Crippen molar-refractivity contribution in [2.24, 2.45) is 5.73 Å². The van der Waals surface area contributed by atoms with Crippen LogP contribution in [0.15, 0.2) is 18.5 Å². The molecule has 0 atom stereocenters. The molecule has 1 rings (SSSR count). The van der Waals surface area contributed by atoms with E-state index in [1.165, 1.54) is 19.5 Å². The van der Waals surface area contributed by atoms with Gasteiger partial charge in [-0.1, -0.05) is 11.8 Å². The van der Waals surface area contributed by atoms with Crippen LogP contribution >= 0.6 is 0 Å². The Hall–Kier alpha value is -2.39. The van der Waals surface area contributed by atoms with Crippen LogP contribution in [0.2, 0.25) is 0 Å². The number of nitrogens with zero attached hydrogens (tertiary/aromatic N) is 1. The maximum Gasteiger partial charge on any atom is 0.307 e. The zero-order chi connectivity index (χ0) is 14.1. The summed E-state index contributed by atoms with van der Waals surface area (Å²) in [6, 6.07) is 1.56. The van der Waals surface area contributed by atoms with Crippen LogP contribution in [-0.2, 0) is 9.53 Å². The Bertz CT molecular complexity index is 517. The second kappa shape index (κ2) is 7.84. The number of esters is 1. The van der Waals surface area contributed by atoms with Gasteiger partial charge in [-0.25, -0.2) is 0 Å². The van der Waals surface area contributed by atoms with E-state index >= 15 is 0 Å². The van der Waals surface area contributed by atoms with E-state index in [1.54, 1.807) is 6.07 Å². The molecule has 6 nitrogen and oxygen atoms in total. The van der Waals surface area contributed by atoms with Crippen molar-refractivity contribution in [3.05, 3.63) is 29.6 Å². The highest BCUT2D eigenvalue weighted by molar-refractivity contribution is 5.96. The molecule has 0 bridgehead atoms. The van der Waals surface area contributed by atoms with Crippen molar-refractivity contribution >= 4 is 11.9 Å². The number of amides is 1. The molecule has 1 aromatic heterocycles. The number of aromatic nitrogens is 1. The van der Waals surface area contributed by atoms with Crippen LogP contribution < -0.4 is 11.1 Å². The molecular formula is C13H15N3O3. The molecule has 0 radical (unpaired) electrons. The second-order valence-corrected chi connectivity index (χ2v) is 3.51. The maximum atomic E-state index is 11.9. The Morgan fingerprint density at radius 2 is 2.32 bits per heavy atom. The van der Waals surface area contributed by atoms with Gasteiger partial charge in [0.1, 0.15) is 0 Å². The fraction of sp³-hybridized carbons (Fsp3) is 0.308. The zero-order valence-electron chi connectivity index (χ0n) is 10.6. The highest BCUT2D eigenvalue weighted by atomic mass is 16.5. The predicted octanol–water partition coefficient (Wildman–Crippen LogP) is -0.315. The van der Waals surface area contributed by atoms with Crippen LogP contribution in [0.3, 0.4) is 0 Å². The number of carbonyl (C=O) groups excluding carboxylic acids is 2. The minimum absolute atomic E-state index is 0.122. The minimum atomic E-state index is -0.377. The normalized spacial score (nSPS) is 9.16. The highest BCUT2D eigenvalue weighted by Gasteiger charge is 2.10. The molecule has 3 N–H and O–H groups in total. The van der Waals surface area contributed by atoms with E-state index in [2.05, 4.69) is 26.9 Å². The zero-order valence-corrected chi connectivity index (χ0v) is 10.6. The predicted molar refractivity (Wildman–Crippen MR) is 69.1 cm³/mol. The minimum Gasteiger partial charge on any atom is -0.469 e. The van der Waals surface area contributed by atoms with Gasteiger partial charge in [0, 0.05) is 18.9 Å². The van der Waals surface area contributed by atoms with Crippen LogP contribution in [0.5, 0.6) is 0 Å². The smallest absolute Gasteiger partial charge is 0.307 e. The van der Waals surface area contributed by atoms with E-state index in [4.69, 9.17) is 5.73 Å². The molecule has 0 saturated carbocycles. The molecular weight excluding hydrogens is 246 g/mol. The molecule has 1 amide bonds. The average molecular weight is 261 g/mol. The van der Waals surface area contributed by atoms with Crippen LogP contribution in [0.1, 0.15) is 22.3 Å². The Morgan fingerprint density at radius 1 is 1.53 bits per heavy atom. The number of methoxy groups -OCH3 is 1. The molecule has 0 aliphatic carbocycles. The van der Waals surface area contributed by atoms with Gasteiger partial charge < -0.3 is 15.8 Å². The summed E-state index contributed by atoms with van der Waals surface area (Å²) < 4.78 is 4.48. The summed E-state index contributed by atoms with van der Waals surface area (Å²) in [6.45, 7) is 0.413. The maximum absolute atomic E-state index is 11.9. The van der Waals surface area contributed by atoms with Crippen molar-refractivity contribution in [3.8, 4) is 11.8 Å². The van der Waals surface area contributed by atoms with Gasteiger partial charge in [-0.3, -0.25) is 14.6 Å². The number of hydrogen-bond acceptors (Lipinski definition) is 5. The van der Waals surface area contributed by atoms with Gasteiger partial charge in [-0.2, -0.15) is 0 Å². The summed E-state index contributed by atoms with van der Waals surface area (Å²) in [5.41, 5.74) is 6.19. The first-order chi connectivity index (χ1) is 9.19. The van der Waals surface area contributed by atoms with Gasteiger partial charge >= 0.3 is 5.97 Å². The fourth-order valence-electron chi connectivity index (χ4n) is 1.31. The number of pyridine rings is 1. The number of carbonyl (C=O) groups is 2. The molecule has 1 heterocycles. The van der Waals surface area contributed by atoms with E-state index in [9.17, 15) is 9.59 Å². The average Bonchev–Trinajstić information content (AvgIpc) is 2.45. The van der Waals surface area contributed by atoms with Crippen molar-refractivity contribution in [2.45, 2.75) is 6.42 Å². The molecule has 0 aliphatic heterocycles. The quantitative estimate of drug-likeness (QED) is 0.572. The van der Waals surface area contributed by atoms with E-state index < -0.39 is 0 Å². The third-order valence-corrected chi connectivity index (χ3v) is 2.23. The van der Waals surface area contributed by atoms with Crippen LogP contribution in [0, 0.1) is 11.8 Å². The lowest BCUT2D eigenvalue weighted by molar-refractivity contribution is -0.140. The molecule has 0 spiro atoms. The summed E-state index contributed by atoms with van der Waals surface area (Å²) in [5.74, 6) is 4.75. The van der Waals surface area contributed by atoms with Crippen molar-refractivity contribution in [1.29, 1.82) is 0 Å². The van der Waals surface area contributed by atoms with Gasteiger partial charge in [-0.05, 0) is 6.07 Å². The lowest BCUT2D eigenvalue weighted by Crippen LogP contribution is -2.27. The van der Waals surface area contributed by atoms with Gasteiger partial charge in [0.15, 0.2) is 0 Å². The fourth-order valence-corrected chi connectivity index (χ4v) is 1.31. The molecule has 1 aromatic rings. The lowest BCUT2D eigenvalue weighted by Gasteiger charge is -2.05. The third kappa shape index (κ3) is 4.77. The lowest BCUT2D eigenvalue weighted by atomic mass is 10.1. The molecule has 19 heavy (non-hydrogen) atoms. The van der Waals surface area contributed by atoms with Gasteiger partial charge in [0.25, 0.3) is 5.91 Å². The SMILES string of the molecule is COC(=O)CCNC(=O)c1ccncc1C#CCN. The number of ether oxygens (including phenoxy) is 1. The first-order valence-corrected chi connectivity index (χ1v) is 5.67. The van der Waals surface area contributed by atoms with Crippen LogP contribution in [0.4, 0.5) is 0 Å². The topological polar surface area (TPSA) is 94.3 Å². The number of hydrogen-bond donors (Lipinski definition) is 2. The standard InChI is InChI=1S/C13H15N3O3/c1-19-12(17)5-8-16-13(18)11-4-7-15-9-10(11)3-2-6-14/h4,7,9H,5-6,8,14H2,1H3,(H,16,18). The van der Waals surface area contributed by atoms with E-state index in [0.29, 0.717) is 11.1 Å². The Morgan fingerprint density at radius 3 is 3.00 bits per heavy atom. The molecule has 100 valence electrons. The first-order valence-electron chi connectivity index (χ1n) is 5.67. The summed E-state index contributed by atoms with van der Waals surface area (Å²) >= 11 is 0. The Kier molecular flexibility index (Phi) is 6.06. The first kappa shape index (κ1) is 14.7. The van der Waals surface area contributed by atoms with Crippen LogP contribution in [-0.4, -0.2) is 37.1 Å². The van der Waals surface area contributed by atoms with E-state index in [0.717, 1.165) is 0 Å². The molecule has 6 heteroatoms. The highest BCUT2D eigenvalue weighted by Crippen LogP contribution is 2.05. The van der Waals surface area contributed by atoms with Crippen molar-refractivity contribution < 1.29 is 14.3 Å². The monoisotopic (exact) mass is 261 g/mol. The molecule has 0 saturated heterocycles. The summed E-state index contributed by atoms with van der Waals surface area (Å²) in [4.78, 5) is 26.7. The summed E-state index contributed by atoms with van der Waals surface area (Å²) in [6.07, 6.45) is 3.12. The Balaban J connectivity index is 2.69. The van der Waals surface area contributed by atoms with Gasteiger partial charge in [0.05, 0.1) is 31.2 Å². The van der Waals surface area contributed by atoms with Crippen LogP contribution in [0.25, 0.3) is 0 Å². The van der Waals surface area contributed by atoms with Crippen molar-refractivity contribution in [2.75, 3.05) is 20.2 Å². The van der Waals surface area contributed by atoms with Gasteiger partial charge in [-0.15, -0.1) is 0 Å². The third-order valence-electron chi connectivity index (χ3n) is 2.23. The molecule has 0 aliphatic rings. The number of nitrogens with two attached hydrogens (primary N) is 1. The van der Waals surface area contributed by atoms with Crippen molar-refractivity contribution in [1.82, 2.24) is 10.3 Å². The molecule has 0 fully saturated rings. The number of rotatable bonds is 4. The number of nitrogens with one attached hydrogen (secondary N) is 1. The van der Waals surface area contributed by atoms with Crippen molar-refractivity contribution in [3.63, 3.8) is 0 Å². The second-order valence-electron chi connectivity index (χ2n) is 3.51. The summed E-state index contributed by atoms with van der Waals surface area (Å²) in [7, 11) is 1.30. The molecule has 0 aromatic carbocycles. The van der Waals surface area contributed by atoms with E-state index in [-0.39, 0.29) is 31.4 Å².